The largest absolute Gasteiger partial charge is 0.495 e. The summed E-state index contributed by atoms with van der Waals surface area (Å²) in [6, 6.07) is 14.2. The molecule has 0 radical (unpaired) electrons. The lowest BCUT2D eigenvalue weighted by Crippen LogP contribution is -2.32. The van der Waals surface area contributed by atoms with Crippen molar-refractivity contribution < 1.29 is 26.0 Å². The van der Waals surface area contributed by atoms with Crippen LogP contribution < -0.4 is 9.46 Å². The number of hydrogen-bond donors (Lipinski definition) is 1. The Morgan fingerprint density at radius 3 is 2.23 bits per heavy atom. The van der Waals surface area contributed by atoms with E-state index in [1.54, 1.807) is 37.3 Å². The van der Waals surface area contributed by atoms with Crippen molar-refractivity contribution in [3.8, 4) is 5.75 Å². The maximum atomic E-state index is 13.3. The third kappa shape index (κ3) is 4.58. The fourth-order valence-electron chi connectivity index (χ4n) is 2.99. The summed E-state index contributed by atoms with van der Waals surface area (Å²) in [6.45, 7) is 3.21. The van der Waals surface area contributed by atoms with Crippen LogP contribution in [-0.4, -0.2) is 30.5 Å². The molecular formula is C21H23NO6S2. The Labute approximate surface area is 176 Å². The van der Waals surface area contributed by atoms with E-state index in [0.29, 0.717) is 0 Å². The van der Waals surface area contributed by atoms with Crippen LogP contribution in [0.4, 0.5) is 0 Å². The zero-order valence-electron chi connectivity index (χ0n) is 16.8. The number of hydrogen-bond acceptors (Lipinski definition) is 6. The van der Waals surface area contributed by atoms with Gasteiger partial charge in [0.15, 0.2) is 9.84 Å². The van der Waals surface area contributed by atoms with Crippen LogP contribution in [-0.2, 0) is 19.9 Å². The summed E-state index contributed by atoms with van der Waals surface area (Å²) in [4.78, 5) is 0.0257. The second kappa shape index (κ2) is 8.63. The summed E-state index contributed by atoms with van der Waals surface area (Å²) < 4.78 is 65.3. The van der Waals surface area contributed by atoms with E-state index in [9.17, 15) is 16.8 Å². The van der Waals surface area contributed by atoms with E-state index < -0.39 is 31.7 Å². The van der Waals surface area contributed by atoms with Crippen molar-refractivity contribution in [2.45, 2.75) is 28.9 Å². The van der Waals surface area contributed by atoms with Gasteiger partial charge in [0.1, 0.15) is 21.7 Å². The van der Waals surface area contributed by atoms with E-state index in [1.165, 1.54) is 37.6 Å². The van der Waals surface area contributed by atoms with Crippen molar-refractivity contribution in [3.63, 3.8) is 0 Å². The number of aryl methyl sites for hydroxylation is 2. The Hall–Kier alpha value is -2.62. The van der Waals surface area contributed by atoms with Crippen LogP contribution in [0.3, 0.4) is 0 Å². The first-order valence-electron chi connectivity index (χ1n) is 9.13. The highest BCUT2D eigenvalue weighted by Crippen LogP contribution is 2.30. The van der Waals surface area contributed by atoms with Crippen LogP contribution in [0, 0.1) is 13.8 Å². The molecule has 30 heavy (non-hydrogen) atoms. The topological polar surface area (TPSA) is 103 Å². The van der Waals surface area contributed by atoms with Gasteiger partial charge < -0.3 is 9.15 Å². The van der Waals surface area contributed by atoms with E-state index >= 15 is 0 Å². The van der Waals surface area contributed by atoms with Crippen molar-refractivity contribution in [1.29, 1.82) is 0 Å². The second-order valence-corrected chi connectivity index (χ2v) is 10.7. The van der Waals surface area contributed by atoms with Gasteiger partial charge in [-0.15, -0.1) is 0 Å². The van der Waals surface area contributed by atoms with Gasteiger partial charge in [0.25, 0.3) is 0 Å². The van der Waals surface area contributed by atoms with Gasteiger partial charge >= 0.3 is 0 Å². The maximum Gasteiger partial charge on any atom is 0.244 e. The van der Waals surface area contributed by atoms with Crippen molar-refractivity contribution in [1.82, 2.24) is 4.72 Å². The molecule has 0 saturated carbocycles. The summed E-state index contributed by atoms with van der Waals surface area (Å²) in [5, 5.41) is -1.24. The SMILES string of the molecule is COc1ccc(C)cc1S(=O)(=O)NCC(c1ccco1)S(=O)(=O)c1ccc(C)cc1. The molecule has 0 aliphatic carbocycles. The third-order valence-corrected chi connectivity index (χ3v) is 8.17. The molecule has 2 aromatic carbocycles. The fraction of sp³-hybridized carbons (Fsp3) is 0.238. The minimum Gasteiger partial charge on any atom is -0.495 e. The monoisotopic (exact) mass is 449 g/mol. The van der Waals surface area contributed by atoms with Crippen molar-refractivity contribution in [3.05, 3.63) is 77.7 Å². The minimum atomic E-state index is -4.04. The van der Waals surface area contributed by atoms with Crippen LogP contribution in [0.5, 0.6) is 5.75 Å². The highest BCUT2D eigenvalue weighted by atomic mass is 32.2. The number of sulfone groups is 1. The molecule has 0 aliphatic heterocycles. The number of furan rings is 1. The predicted octanol–water partition coefficient (Wildman–Crippen LogP) is 3.40. The van der Waals surface area contributed by atoms with E-state index in [1.807, 2.05) is 6.92 Å². The Bertz CT molecular complexity index is 1220. The smallest absolute Gasteiger partial charge is 0.244 e. The molecule has 9 heteroatoms. The average molecular weight is 450 g/mol. The molecule has 0 bridgehead atoms. The first-order chi connectivity index (χ1) is 14.1. The molecule has 0 amide bonds. The lowest BCUT2D eigenvalue weighted by Gasteiger charge is -2.18. The molecule has 7 nitrogen and oxygen atoms in total. The summed E-state index contributed by atoms with van der Waals surface area (Å²) in [5.74, 6) is 0.318. The van der Waals surface area contributed by atoms with Gasteiger partial charge in [-0.25, -0.2) is 21.6 Å². The zero-order chi connectivity index (χ0) is 21.9. The molecule has 1 aromatic heterocycles. The van der Waals surface area contributed by atoms with Crippen LogP contribution in [0.1, 0.15) is 22.1 Å². The van der Waals surface area contributed by atoms with Gasteiger partial charge in [-0.1, -0.05) is 23.8 Å². The Morgan fingerprint density at radius 1 is 0.967 bits per heavy atom. The van der Waals surface area contributed by atoms with Crippen molar-refractivity contribution in [2.24, 2.45) is 0 Å². The molecule has 1 unspecified atom stereocenters. The maximum absolute atomic E-state index is 13.3. The molecular weight excluding hydrogens is 426 g/mol. The standard InChI is InChI=1S/C21H23NO6S2/c1-15-6-9-17(10-7-15)29(23,24)21(19-5-4-12-28-19)14-22-30(25,26)20-13-16(2)8-11-18(20)27-3/h4-13,21-22H,14H2,1-3H3. The van der Waals surface area contributed by atoms with Crippen LogP contribution in [0.25, 0.3) is 0 Å². The van der Waals surface area contributed by atoms with Crippen LogP contribution in [0.15, 0.2) is 75.1 Å². The van der Waals surface area contributed by atoms with Gasteiger partial charge in [0.2, 0.25) is 10.0 Å². The molecule has 3 rings (SSSR count). The van der Waals surface area contributed by atoms with E-state index in [4.69, 9.17) is 9.15 Å². The quantitative estimate of drug-likeness (QED) is 0.565. The lowest BCUT2D eigenvalue weighted by molar-refractivity contribution is 0.402. The number of methoxy groups -OCH3 is 1. The van der Waals surface area contributed by atoms with Crippen molar-refractivity contribution >= 4 is 19.9 Å². The van der Waals surface area contributed by atoms with Gasteiger partial charge in [-0.2, -0.15) is 0 Å². The first kappa shape index (κ1) is 22.1. The number of nitrogens with one attached hydrogen (secondary N) is 1. The van der Waals surface area contributed by atoms with Crippen LogP contribution >= 0.6 is 0 Å². The Morgan fingerprint density at radius 2 is 1.63 bits per heavy atom. The summed E-state index contributed by atoms with van der Waals surface area (Å²) in [7, 11) is -6.59. The highest BCUT2D eigenvalue weighted by molar-refractivity contribution is 7.92. The normalized spacial score (nSPS) is 13.2. The van der Waals surface area contributed by atoms with Gasteiger partial charge in [0.05, 0.1) is 18.3 Å². The summed E-state index contributed by atoms with van der Waals surface area (Å²) >= 11 is 0. The molecule has 0 spiro atoms. The van der Waals surface area contributed by atoms with Crippen LogP contribution in [0.2, 0.25) is 0 Å². The second-order valence-electron chi connectivity index (χ2n) is 6.87. The lowest BCUT2D eigenvalue weighted by atomic mass is 10.2. The number of rotatable bonds is 8. The third-order valence-electron chi connectivity index (χ3n) is 4.65. The summed E-state index contributed by atoms with van der Waals surface area (Å²) in [5.41, 5.74) is 1.64. The molecule has 0 aliphatic rings. The van der Waals surface area contributed by atoms with Gasteiger partial charge in [0, 0.05) is 6.54 Å². The number of ether oxygens (including phenoxy) is 1. The van der Waals surface area contributed by atoms with Gasteiger partial charge in [-0.05, 0) is 55.8 Å². The minimum absolute atomic E-state index is 0.0593. The van der Waals surface area contributed by atoms with E-state index in [0.717, 1.165) is 11.1 Å². The molecule has 160 valence electrons. The van der Waals surface area contributed by atoms with Crippen molar-refractivity contribution in [2.75, 3.05) is 13.7 Å². The zero-order valence-corrected chi connectivity index (χ0v) is 18.5. The fourth-order valence-corrected chi connectivity index (χ4v) is 5.98. The Balaban J connectivity index is 1.96. The molecule has 3 aromatic rings. The molecule has 1 N–H and O–H groups in total. The number of benzene rings is 2. The molecule has 1 atom stereocenters. The average Bonchev–Trinajstić information content (AvgIpc) is 3.22. The highest BCUT2D eigenvalue weighted by Gasteiger charge is 2.33. The molecule has 0 fully saturated rings. The number of sulfonamides is 1. The van der Waals surface area contributed by atoms with E-state index in [2.05, 4.69) is 4.72 Å². The van der Waals surface area contributed by atoms with E-state index in [-0.39, 0.29) is 21.3 Å². The Kier molecular flexibility index (Phi) is 6.35. The predicted molar refractivity (Wildman–Crippen MR) is 113 cm³/mol. The molecule has 0 saturated heterocycles. The molecule has 1 heterocycles. The summed E-state index contributed by atoms with van der Waals surface area (Å²) in [6.07, 6.45) is 1.35. The van der Waals surface area contributed by atoms with Gasteiger partial charge in [-0.3, -0.25) is 0 Å². The first-order valence-corrected chi connectivity index (χ1v) is 12.2.